The zero-order valence-electron chi connectivity index (χ0n) is 31.8. The first-order chi connectivity index (χ1) is 24.3. The first-order valence-electron chi connectivity index (χ1n) is 18.2. The van der Waals surface area contributed by atoms with E-state index >= 15 is 0 Å². The van der Waals surface area contributed by atoms with Crippen LogP contribution in [0, 0.1) is 13.8 Å². The van der Waals surface area contributed by atoms with Crippen molar-refractivity contribution < 1.29 is 52.8 Å². The number of allylic oxidation sites excluding steroid dienone is 2. The number of furan rings is 2. The quantitative estimate of drug-likeness (QED) is 0.168. The van der Waals surface area contributed by atoms with Gasteiger partial charge in [0, 0.05) is 0 Å². The fourth-order valence-electron chi connectivity index (χ4n) is 7.82. The van der Waals surface area contributed by atoms with Crippen molar-refractivity contribution in [1.29, 1.82) is 0 Å². The van der Waals surface area contributed by atoms with Crippen LogP contribution in [0.3, 0.4) is 0 Å². The van der Waals surface area contributed by atoms with Crippen LogP contribution in [0.25, 0.3) is 34.4 Å². The maximum Gasteiger partial charge on any atom is -1.00 e. The third kappa shape index (κ3) is 7.37. The molecule has 4 aromatic carbocycles. The molecule has 53 heavy (non-hydrogen) atoms. The summed E-state index contributed by atoms with van der Waals surface area (Å²) in [4.78, 5) is 0. The van der Waals surface area contributed by atoms with Crippen molar-refractivity contribution in [2.75, 3.05) is 0 Å². The molecule has 6 aromatic rings. The Balaban J connectivity index is 0.00000240. The summed E-state index contributed by atoms with van der Waals surface area (Å²) in [5, 5.41) is 0. The molecule has 8 rings (SSSR count). The minimum Gasteiger partial charge on any atom is -1.00 e. The molecular weight excluding hydrogens is 727 g/mol. The molecule has 2 nitrogen and oxygen atoms in total. The van der Waals surface area contributed by atoms with Crippen LogP contribution in [-0.4, -0.2) is 0 Å². The number of rotatable bonds is 6. The molecule has 2 atom stereocenters. The Kier molecular flexibility index (Phi) is 10.9. The first-order valence-corrected chi connectivity index (χ1v) is 19.7. The van der Waals surface area contributed by atoms with Gasteiger partial charge in [-0.2, -0.15) is 0 Å². The van der Waals surface area contributed by atoms with Crippen molar-refractivity contribution in [1.82, 2.24) is 0 Å². The van der Waals surface area contributed by atoms with E-state index in [1.165, 1.54) is 63.4 Å². The van der Waals surface area contributed by atoms with E-state index < -0.39 is 19.2 Å². The minimum absolute atomic E-state index is 0. The van der Waals surface area contributed by atoms with E-state index in [9.17, 15) is 0 Å². The van der Waals surface area contributed by atoms with Crippen molar-refractivity contribution in [2.24, 2.45) is 0 Å². The van der Waals surface area contributed by atoms with Gasteiger partial charge in [-0.25, -0.2) is 0 Å². The third-order valence-electron chi connectivity index (χ3n) is 10.6. The summed E-state index contributed by atoms with van der Waals surface area (Å²) >= 11 is -0.790. The van der Waals surface area contributed by atoms with Crippen LogP contribution in [0.2, 0.25) is 0 Å². The van der Waals surface area contributed by atoms with E-state index in [0.29, 0.717) is 0 Å². The Morgan fingerprint density at radius 2 is 0.849 bits per heavy atom. The molecule has 2 unspecified atom stereocenters. The second-order valence-electron chi connectivity index (χ2n) is 16.4. The Bertz CT molecular complexity index is 2160. The fraction of sp³-hybridized carbons (Fsp3) is 0.250. The van der Waals surface area contributed by atoms with E-state index in [0.717, 1.165) is 23.0 Å². The monoisotopic (exact) mass is 772 g/mol. The van der Waals surface area contributed by atoms with Gasteiger partial charge in [0.2, 0.25) is 0 Å². The van der Waals surface area contributed by atoms with Crippen molar-refractivity contribution in [3.63, 3.8) is 0 Å². The average molecular weight is 774 g/mol. The van der Waals surface area contributed by atoms with Gasteiger partial charge in [-0.05, 0) is 0 Å². The largest absolute Gasteiger partial charge is 1.00 e. The van der Waals surface area contributed by atoms with Crippen molar-refractivity contribution in [2.45, 2.75) is 78.1 Å². The van der Waals surface area contributed by atoms with E-state index in [1.54, 1.807) is 0 Å². The molecule has 0 bridgehead atoms. The molecule has 268 valence electrons. The molecule has 2 aliphatic rings. The Morgan fingerprint density at radius 1 is 0.472 bits per heavy atom. The molecule has 0 radical (unpaired) electrons. The second-order valence-corrected chi connectivity index (χ2v) is 18.6. The molecule has 0 aliphatic heterocycles. The maximum absolute atomic E-state index is 6.45. The summed E-state index contributed by atoms with van der Waals surface area (Å²) in [5.41, 5.74) is 13.3. The van der Waals surface area contributed by atoms with Crippen molar-refractivity contribution in [3.05, 3.63) is 173 Å². The number of fused-ring (bicyclic) bond motifs is 2. The second kappa shape index (κ2) is 14.8. The van der Waals surface area contributed by atoms with E-state index in [4.69, 9.17) is 8.83 Å². The number of aryl methyl sites for hydroxylation is 2. The fourth-order valence-corrected chi connectivity index (χ4v) is 10.4. The zero-order valence-corrected chi connectivity index (χ0v) is 34.8. The predicted molar refractivity (Wildman–Crippen MR) is 208 cm³/mol. The normalized spacial score (nSPS) is 16.2. The summed E-state index contributed by atoms with van der Waals surface area (Å²) in [6, 6.07) is 40.6. The smallest absolute Gasteiger partial charge is 1.00 e. The molecule has 0 spiro atoms. The number of benzene rings is 4. The van der Waals surface area contributed by atoms with Crippen LogP contribution in [-0.2, 0) is 30.0 Å². The molecule has 0 fully saturated rings. The summed E-state index contributed by atoms with van der Waals surface area (Å²) in [5.74, 6) is 4.15. The van der Waals surface area contributed by atoms with Crippen LogP contribution in [0.4, 0.5) is 0 Å². The number of hydrogen-bond donors (Lipinski definition) is 0. The Labute approximate surface area is 336 Å². The molecule has 2 aromatic heterocycles. The summed E-state index contributed by atoms with van der Waals surface area (Å²) in [7, 11) is 0. The third-order valence-corrected chi connectivity index (χ3v) is 12.9. The van der Waals surface area contributed by atoms with Gasteiger partial charge in [-0.3, -0.25) is 0 Å². The van der Waals surface area contributed by atoms with Gasteiger partial charge in [-0.15, -0.1) is 0 Å². The minimum atomic E-state index is -0.790. The van der Waals surface area contributed by atoms with Gasteiger partial charge in [0.25, 0.3) is 0 Å². The van der Waals surface area contributed by atoms with E-state index in [-0.39, 0.29) is 47.5 Å². The van der Waals surface area contributed by atoms with Crippen molar-refractivity contribution >= 4 is 12.2 Å². The molecule has 0 amide bonds. The summed E-state index contributed by atoms with van der Waals surface area (Å²) < 4.78 is 15.8. The van der Waals surface area contributed by atoms with Gasteiger partial charge in [0.05, 0.1) is 0 Å². The van der Waals surface area contributed by atoms with Gasteiger partial charge in [0.1, 0.15) is 0 Å². The number of halogens is 2. The Hall–Kier alpha value is -3.79. The van der Waals surface area contributed by atoms with Gasteiger partial charge >= 0.3 is 314 Å². The zero-order chi connectivity index (χ0) is 35.7. The first kappa shape index (κ1) is 38.9. The Morgan fingerprint density at radius 3 is 1.17 bits per heavy atom. The average Bonchev–Trinajstić information content (AvgIpc) is 3.88. The molecule has 0 saturated carbocycles. The SMILES string of the molecule is Cc1ccc(C2[C]([Ti+2][C]3=Cc4c(-c5ccc(C(C)(C)C)cc5)cccc4C3c3ccc(C)o3)=Cc3c(-c4ccc(C(C)(C)C)cc4)cccc32)o1.[Cl-].[Cl-]. The van der Waals surface area contributed by atoms with Crippen LogP contribution < -0.4 is 24.8 Å². The van der Waals surface area contributed by atoms with Crippen LogP contribution in [0.15, 0.2) is 126 Å². The topological polar surface area (TPSA) is 26.3 Å². The summed E-state index contributed by atoms with van der Waals surface area (Å²) in [6.07, 6.45) is 5.01. The van der Waals surface area contributed by atoms with Gasteiger partial charge < -0.3 is 24.8 Å². The van der Waals surface area contributed by atoms with Crippen molar-refractivity contribution in [3.8, 4) is 22.3 Å². The maximum atomic E-state index is 6.45. The number of hydrogen-bond acceptors (Lipinski definition) is 2. The van der Waals surface area contributed by atoms with E-state index in [2.05, 4.69) is 163 Å². The van der Waals surface area contributed by atoms with Crippen LogP contribution in [0.1, 0.15) is 110 Å². The standard InChI is InChI=1S/2C24H23O.2ClH.Ti/c2*1-16-8-15-23(25-16)22-14-13-21-19(6-5-7-20(21)22)17-9-11-18(12-10-17)24(2,3)4;;;/h2*5-13,15,22H,1-4H3;2*1H;/q;;;;+2/p-2. The summed E-state index contributed by atoms with van der Waals surface area (Å²) in [6.45, 7) is 17.7. The van der Waals surface area contributed by atoms with Gasteiger partial charge in [-0.1, -0.05) is 0 Å². The molecule has 0 N–H and O–H groups in total. The predicted octanol–water partition coefficient (Wildman–Crippen LogP) is 7.18. The molecule has 0 saturated heterocycles. The van der Waals surface area contributed by atoms with Crippen LogP contribution in [0.5, 0.6) is 0 Å². The van der Waals surface area contributed by atoms with Gasteiger partial charge in [0.15, 0.2) is 0 Å². The molecule has 5 heteroatoms. The molecular formula is C48H46Cl2O2Ti. The van der Waals surface area contributed by atoms with Crippen LogP contribution >= 0.6 is 0 Å². The molecule has 2 heterocycles. The molecule has 2 aliphatic carbocycles. The van der Waals surface area contributed by atoms with E-state index in [1.807, 2.05) is 13.8 Å².